The largest absolute Gasteiger partial charge is 0.497 e. The smallest absolute Gasteiger partial charge is 0.145 e. The second-order valence-corrected chi connectivity index (χ2v) is 4.70. The van der Waals surface area contributed by atoms with Crippen LogP contribution in [-0.4, -0.2) is 33.4 Å². The zero-order valence-electron chi connectivity index (χ0n) is 11.4. The molecular weight excluding hydrogens is 228 g/mol. The van der Waals surface area contributed by atoms with E-state index in [1.165, 1.54) is 12.8 Å². The van der Waals surface area contributed by atoms with Gasteiger partial charge in [0, 0.05) is 18.7 Å². The predicted molar refractivity (Wildman–Crippen MR) is 73.8 cm³/mol. The lowest BCUT2D eigenvalue weighted by atomic mass is 10.1. The number of ether oxygens (including phenoxy) is 2. The minimum absolute atomic E-state index is 0.566. The molecule has 2 N–H and O–H groups in total. The van der Waals surface area contributed by atoms with Gasteiger partial charge in [0.25, 0.3) is 0 Å². The van der Waals surface area contributed by atoms with Crippen LogP contribution in [0.5, 0.6) is 11.5 Å². The molecule has 1 fully saturated rings. The van der Waals surface area contributed by atoms with Crippen molar-refractivity contribution in [2.75, 3.05) is 32.6 Å². The van der Waals surface area contributed by atoms with Gasteiger partial charge >= 0.3 is 0 Å². The van der Waals surface area contributed by atoms with E-state index in [0.717, 1.165) is 35.8 Å². The van der Waals surface area contributed by atoms with Gasteiger partial charge in [0.05, 0.1) is 19.9 Å². The Morgan fingerprint density at radius 1 is 1.33 bits per heavy atom. The highest BCUT2D eigenvalue weighted by Crippen LogP contribution is 2.33. The molecule has 0 saturated carbocycles. The van der Waals surface area contributed by atoms with E-state index in [0.29, 0.717) is 6.04 Å². The summed E-state index contributed by atoms with van der Waals surface area (Å²) in [7, 11) is 3.36. The van der Waals surface area contributed by atoms with Gasteiger partial charge in [0.2, 0.25) is 0 Å². The van der Waals surface area contributed by atoms with Gasteiger partial charge in [0.15, 0.2) is 0 Å². The lowest BCUT2D eigenvalue weighted by Crippen LogP contribution is -2.29. The molecule has 1 aliphatic rings. The Balaban J connectivity index is 2.10. The van der Waals surface area contributed by atoms with E-state index in [4.69, 9.17) is 9.47 Å². The molecule has 0 spiro atoms. The first-order valence-electron chi connectivity index (χ1n) is 6.44. The van der Waals surface area contributed by atoms with Crippen molar-refractivity contribution < 1.29 is 9.47 Å². The topological polar surface area (TPSA) is 42.5 Å². The number of benzene rings is 1. The van der Waals surface area contributed by atoms with Crippen molar-refractivity contribution >= 4 is 5.69 Å². The van der Waals surface area contributed by atoms with Crippen LogP contribution < -0.4 is 20.1 Å². The monoisotopic (exact) mass is 250 g/mol. The molecule has 4 heteroatoms. The molecule has 1 saturated heterocycles. The zero-order chi connectivity index (χ0) is 13.0. The Morgan fingerprint density at radius 3 is 2.78 bits per heavy atom. The van der Waals surface area contributed by atoms with Gasteiger partial charge in [-0.25, -0.2) is 0 Å². The molecule has 18 heavy (non-hydrogen) atoms. The SMILES string of the molecule is COc1cc(C)c(NCC2CCCN2)c(OC)c1. The molecule has 0 bridgehead atoms. The summed E-state index contributed by atoms with van der Waals surface area (Å²) < 4.78 is 10.7. The second-order valence-electron chi connectivity index (χ2n) is 4.70. The molecule has 0 aromatic heterocycles. The van der Waals surface area contributed by atoms with Gasteiger partial charge in [0.1, 0.15) is 11.5 Å². The van der Waals surface area contributed by atoms with E-state index >= 15 is 0 Å². The van der Waals surface area contributed by atoms with Crippen molar-refractivity contribution in [3.63, 3.8) is 0 Å². The Bertz CT molecular complexity index is 401. The molecule has 0 radical (unpaired) electrons. The van der Waals surface area contributed by atoms with Crippen molar-refractivity contribution in [3.8, 4) is 11.5 Å². The van der Waals surface area contributed by atoms with Crippen LogP contribution in [0.2, 0.25) is 0 Å². The van der Waals surface area contributed by atoms with Crippen LogP contribution in [0.4, 0.5) is 5.69 Å². The van der Waals surface area contributed by atoms with E-state index < -0.39 is 0 Å². The van der Waals surface area contributed by atoms with Crippen molar-refractivity contribution in [3.05, 3.63) is 17.7 Å². The van der Waals surface area contributed by atoms with Crippen LogP contribution in [0, 0.1) is 6.92 Å². The highest BCUT2D eigenvalue weighted by Gasteiger charge is 2.15. The number of rotatable bonds is 5. The highest BCUT2D eigenvalue weighted by atomic mass is 16.5. The summed E-state index contributed by atoms with van der Waals surface area (Å²) in [5.74, 6) is 1.67. The lowest BCUT2D eigenvalue weighted by Gasteiger charge is -2.18. The Hall–Kier alpha value is -1.42. The Morgan fingerprint density at radius 2 is 2.17 bits per heavy atom. The number of hydrogen-bond donors (Lipinski definition) is 2. The van der Waals surface area contributed by atoms with Crippen LogP contribution in [-0.2, 0) is 0 Å². The van der Waals surface area contributed by atoms with Gasteiger partial charge < -0.3 is 20.1 Å². The van der Waals surface area contributed by atoms with Gasteiger partial charge in [-0.1, -0.05) is 0 Å². The standard InChI is InChI=1S/C14H22N2O2/c1-10-7-12(17-2)8-13(18-3)14(10)16-9-11-5-4-6-15-11/h7-8,11,15-16H,4-6,9H2,1-3H3. The van der Waals surface area contributed by atoms with Crippen molar-refractivity contribution in [1.82, 2.24) is 5.32 Å². The van der Waals surface area contributed by atoms with Gasteiger partial charge in [-0.15, -0.1) is 0 Å². The summed E-state index contributed by atoms with van der Waals surface area (Å²) in [6.07, 6.45) is 2.51. The molecule has 1 aromatic carbocycles. The minimum Gasteiger partial charge on any atom is -0.497 e. The first kappa shape index (κ1) is 13.0. The summed E-state index contributed by atoms with van der Waals surface area (Å²) in [5, 5.41) is 6.96. The molecule has 1 atom stereocenters. The Kier molecular flexibility index (Phi) is 4.31. The van der Waals surface area contributed by atoms with E-state index in [1.54, 1.807) is 14.2 Å². The van der Waals surface area contributed by atoms with Crippen molar-refractivity contribution in [2.45, 2.75) is 25.8 Å². The van der Waals surface area contributed by atoms with Crippen LogP contribution in [0.1, 0.15) is 18.4 Å². The molecule has 0 amide bonds. The Labute approximate surface area is 109 Å². The summed E-state index contributed by atoms with van der Waals surface area (Å²) in [6, 6.07) is 4.50. The molecule has 1 aromatic rings. The molecule has 1 aliphatic heterocycles. The number of methoxy groups -OCH3 is 2. The van der Waals surface area contributed by atoms with Crippen LogP contribution in [0.15, 0.2) is 12.1 Å². The fourth-order valence-electron chi connectivity index (χ4n) is 2.38. The minimum atomic E-state index is 0.566. The fourth-order valence-corrected chi connectivity index (χ4v) is 2.38. The average molecular weight is 250 g/mol. The lowest BCUT2D eigenvalue weighted by molar-refractivity contribution is 0.395. The van der Waals surface area contributed by atoms with Crippen LogP contribution >= 0.6 is 0 Å². The van der Waals surface area contributed by atoms with E-state index in [-0.39, 0.29) is 0 Å². The first-order valence-corrected chi connectivity index (χ1v) is 6.44. The molecule has 2 rings (SSSR count). The zero-order valence-corrected chi connectivity index (χ0v) is 11.4. The molecule has 100 valence electrons. The first-order chi connectivity index (χ1) is 8.74. The number of aryl methyl sites for hydroxylation is 1. The highest BCUT2D eigenvalue weighted by molar-refractivity contribution is 5.64. The maximum Gasteiger partial charge on any atom is 0.145 e. The van der Waals surface area contributed by atoms with Gasteiger partial charge in [-0.05, 0) is 37.9 Å². The summed E-state index contributed by atoms with van der Waals surface area (Å²) in [6.45, 7) is 4.13. The van der Waals surface area contributed by atoms with Gasteiger partial charge in [-0.2, -0.15) is 0 Å². The van der Waals surface area contributed by atoms with E-state index in [9.17, 15) is 0 Å². The number of hydrogen-bond acceptors (Lipinski definition) is 4. The van der Waals surface area contributed by atoms with Crippen LogP contribution in [0.25, 0.3) is 0 Å². The third kappa shape index (κ3) is 2.88. The second kappa shape index (κ2) is 5.96. The van der Waals surface area contributed by atoms with Crippen molar-refractivity contribution in [2.24, 2.45) is 0 Å². The third-order valence-electron chi connectivity index (χ3n) is 3.42. The summed E-state index contributed by atoms with van der Waals surface area (Å²) >= 11 is 0. The normalized spacial score (nSPS) is 18.7. The van der Waals surface area contributed by atoms with Crippen LogP contribution in [0.3, 0.4) is 0 Å². The molecule has 1 unspecified atom stereocenters. The van der Waals surface area contributed by atoms with E-state index in [1.807, 2.05) is 12.1 Å². The van der Waals surface area contributed by atoms with Crippen molar-refractivity contribution in [1.29, 1.82) is 0 Å². The maximum absolute atomic E-state index is 5.42. The molecule has 4 nitrogen and oxygen atoms in total. The summed E-state index contributed by atoms with van der Waals surface area (Å²) in [4.78, 5) is 0. The van der Waals surface area contributed by atoms with E-state index in [2.05, 4.69) is 17.6 Å². The van der Waals surface area contributed by atoms with Gasteiger partial charge in [-0.3, -0.25) is 0 Å². The maximum atomic E-state index is 5.42. The fraction of sp³-hybridized carbons (Fsp3) is 0.571. The quantitative estimate of drug-likeness (QED) is 0.840. The third-order valence-corrected chi connectivity index (χ3v) is 3.42. The average Bonchev–Trinajstić information content (AvgIpc) is 2.89. The predicted octanol–water partition coefficient (Wildman–Crippen LogP) is 2.18. The molecular formula is C14H22N2O2. The molecule has 0 aliphatic carbocycles. The number of nitrogens with one attached hydrogen (secondary N) is 2. The molecule has 1 heterocycles. The number of anilines is 1. The summed E-state index contributed by atoms with van der Waals surface area (Å²) in [5.41, 5.74) is 2.20.